The number of nitrogens with one attached hydrogen (secondary N) is 3. The average Bonchev–Trinajstić information content (AvgIpc) is 2.92. The maximum Gasteiger partial charge on any atom is 0.328 e. The van der Waals surface area contributed by atoms with Crippen molar-refractivity contribution >= 4 is 23.7 Å². The Kier molecular flexibility index (Phi) is 24.5. The summed E-state index contributed by atoms with van der Waals surface area (Å²) in [5, 5.41) is 8.61. The normalized spacial score (nSPS) is 12.6. The maximum atomic E-state index is 13.1. The van der Waals surface area contributed by atoms with E-state index in [1.165, 1.54) is 64.9 Å². The number of ether oxygens (including phenoxy) is 1. The van der Waals surface area contributed by atoms with Crippen molar-refractivity contribution < 1.29 is 23.9 Å². The van der Waals surface area contributed by atoms with Gasteiger partial charge in [0.15, 0.2) is 0 Å². The first kappa shape index (κ1) is 37.9. The van der Waals surface area contributed by atoms with E-state index in [-0.39, 0.29) is 17.7 Å². The quantitative estimate of drug-likeness (QED) is 0.0832. The molecule has 0 saturated heterocycles. The van der Waals surface area contributed by atoms with Crippen molar-refractivity contribution in [1.82, 2.24) is 16.0 Å². The Labute approximate surface area is 244 Å². The summed E-state index contributed by atoms with van der Waals surface area (Å²) in [6.07, 6.45) is 18.2. The van der Waals surface area contributed by atoms with Crippen LogP contribution in [0.2, 0.25) is 0 Å². The van der Waals surface area contributed by atoms with Crippen LogP contribution in [0.25, 0.3) is 0 Å². The molecular weight excluding hydrogens is 506 g/mol. The van der Waals surface area contributed by atoms with Crippen molar-refractivity contribution in [2.75, 3.05) is 13.7 Å². The van der Waals surface area contributed by atoms with E-state index < -0.39 is 24.0 Å². The summed E-state index contributed by atoms with van der Waals surface area (Å²) in [4.78, 5) is 50.3. The summed E-state index contributed by atoms with van der Waals surface area (Å²) >= 11 is 0. The molecule has 0 aromatic rings. The van der Waals surface area contributed by atoms with Crippen LogP contribution in [0.1, 0.15) is 150 Å². The lowest BCUT2D eigenvalue weighted by molar-refractivity contribution is -0.145. The lowest BCUT2D eigenvalue weighted by Crippen LogP contribution is -2.52. The molecule has 0 radical (unpaired) electrons. The number of amides is 3. The first-order chi connectivity index (χ1) is 19.2. The van der Waals surface area contributed by atoms with Gasteiger partial charge in [0.1, 0.15) is 12.1 Å². The van der Waals surface area contributed by atoms with Crippen LogP contribution in [0.4, 0.5) is 0 Å². The topological polar surface area (TPSA) is 114 Å². The molecule has 8 nitrogen and oxygen atoms in total. The molecule has 3 N–H and O–H groups in total. The van der Waals surface area contributed by atoms with Crippen LogP contribution >= 0.6 is 0 Å². The number of methoxy groups -OCH3 is 1. The summed E-state index contributed by atoms with van der Waals surface area (Å²) in [5.74, 6) is -0.831. The van der Waals surface area contributed by atoms with Crippen LogP contribution in [0.5, 0.6) is 0 Å². The number of hydrogen-bond acceptors (Lipinski definition) is 5. The number of rotatable bonds is 26. The van der Waals surface area contributed by atoms with Gasteiger partial charge in [-0.2, -0.15) is 0 Å². The summed E-state index contributed by atoms with van der Waals surface area (Å²) in [7, 11) is 1.30. The highest BCUT2D eigenvalue weighted by Crippen LogP contribution is 2.11. The molecule has 0 aliphatic heterocycles. The fourth-order valence-corrected chi connectivity index (χ4v) is 4.74. The monoisotopic (exact) mass is 567 g/mol. The lowest BCUT2D eigenvalue weighted by Gasteiger charge is -2.23. The second-order valence-electron chi connectivity index (χ2n) is 11.6. The van der Waals surface area contributed by atoms with Gasteiger partial charge >= 0.3 is 5.97 Å². The molecule has 8 heteroatoms. The molecule has 0 aliphatic rings. The summed E-state index contributed by atoms with van der Waals surface area (Å²) in [5.41, 5.74) is 0. The summed E-state index contributed by atoms with van der Waals surface area (Å²) in [6.45, 7) is 8.78. The van der Waals surface area contributed by atoms with Gasteiger partial charge in [0.2, 0.25) is 17.7 Å². The highest BCUT2D eigenvalue weighted by atomic mass is 16.5. The smallest absolute Gasteiger partial charge is 0.328 e. The molecule has 2 unspecified atom stereocenters. The van der Waals surface area contributed by atoms with Crippen molar-refractivity contribution in [3.8, 4) is 0 Å². The van der Waals surface area contributed by atoms with Crippen LogP contribution in [0, 0.1) is 5.92 Å². The Morgan fingerprint density at radius 3 is 1.62 bits per heavy atom. The second kappa shape index (κ2) is 25.8. The molecule has 0 saturated carbocycles. The summed E-state index contributed by atoms with van der Waals surface area (Å²) in [6, 6.07) is -1.53. The molecule has 0 bridgehead atoms. The molecule has 0 rings (SSSR count). The Morgan fingerprint density at radius 2 is 1.12 bits per heavy atom. The zero-order valence-electron chi connectivity index (χ0n) is 26.4. The van der Waals surface area contributed by atoms with Gasteiger partial charge in [0.25, 0.3) is 0 Å². The van der Waals surface area contributed by atoms with Crippen molar-refractivity contribution in [2.45, 2.75) is 162 Å². The highest BCUT2D eigenvalue weighted by Gasteiger charge is 2.27. The van der Waals surface area contributed by atoms with Crippen molar-refractivity contribution in [1.29, 1.82) is 0 Å². The van der Waals surface area contributed by atoms with Crippen LogP contribution in [-0.4, -0.2) is 49.4 Å². The highest BCUT2D eigenvalue weighted by molar-refractivity contribution is 5.90. The third-order valence-electron chi connectivity index (χ3n) is 7.17. The van der Waals surface area contributed by atoms with E-state index in [4.69, 9.17) is 4.74 Å². The minimum absolute atomic E-state index is 0.0280. The fourth-order valence-electron chi connectivity index (χ4n) is 4.74. The van der Waals surface area contributed by atoms with E-state index >= 15 is 0 Å². The maximum absolute atomic E-state index is 13.1. The lowest BCUT2D eigenvalue weighted by atomic mass is 10.0. The molecule has 2 atom stereocenters. The molecule has 0 heterocycles. The predicted octanol–water partition coefficient (Wildman–Crippen LogP) is 6.35. The van der Waals surface area contributed by atoms with Crippen molar-refractivity contribution in [3.05, 3.63) is 0 Å². The number of carbonyl (C=O) groups excluding carboxylic acids is 4. The third-order valence-corrected chi connectivity index (χ3v) is 7.17. The summed E-state index contributed by atoms with van der Waals surface area (Å²) < 4.78 is 4.88. The molecule has 0 aliphatic carbocycles. The Morgan fingerprint density at radius 1 is 0.625 bits per heavy atom. The first-order valence-electron chi connectivity index (χ1n) is 16.2. The Hall–Kier alpha value is -2.12. The van der Waals surface area contributed by atoms with Crippen LogP contribution < -0.4 is 16.0 Å². The molecule has 40 heavy (non-hydrogen) atoms. The molecule has 3 amide bonds. The van der Waals surface area contributed by atoms with Crippen molar-refractivity contribution in [2.24, 2.45) is 5.92 Å². The van der Waals surface area contributed by atoms with Crippen molar-refractivity contribution in [3.63, 3.8) is 0 Å². The minimum Gasteiger partial charge on any atom is -0.467 e. The van der Waals surface area contributed by atoms with E-state index in [0.717, 1.165) is 32.1 Å². The number of carbonyl (C=O) groups is 4. The van der Waals surface area contributed by atoms with Crippen LogP contribution in [-0.2, 0) is 23.9 Å². The van der Waals surface area contributed by atoms with Gasteiger partial charge in [-0.15, -0.1) is 0 Å². The minimum atomic E-state index is -0.767. The SMILES string of the molecule is CCCCCCCCCC(=O)NCCCC(NC(=O)CCCCCCCCC)C(=O)NC(CC(C)C)C(=O)OC. The Bertz CT molecular complexity index is 683. The zero-order valence-corrected chi connectivity index (χ0v) is 26.4. The van der Waals surface area contributed by atoms with E-state index in [1.54, 1.807) is 0 Å². The first-order valence-corrected chi connectivity index (χ1v) is 16.2. The largest absolute Gasteiger partial charge is 0.467 e. The molecule has 0 aromatic heterocycles. The number of esters is 1. The van der Waals surface area contributed by atoms with E-state index in [1.807, 2.05) is 13.8 Å². The predicted molar refractivity (Wildman–Crippen MR) is 163 cm³/mol. The second-order valence-corrected chi connectivity index (χ2v) is 11.6. The van der Waals surface area contributed by atoms with Gasteiger partial charge in [-0.1, -0.05) is 105 Å². The standard InChI is InChI=1S/C32H61N3O5/c1-6-8-10-12-14-16-18-22-29(36)33-24-20-21-27(31(38)35-28(25-26(3)4)32(39)40-5)34-30(37)23-19-17-15-13-11-9-7-2/h26-28H,6-25H2,1-5H3,(H,33,36)(H,34,37)(H,35,38). The van der Waals surface area contributed by atoms with Gasteiger partial charge in [0.05, 0.1) is 7.11 Å². The number of unbranched alkanes of at least 4 members (excludes halogenated alkanes) is 12. The van der Waals surface area contributed by atoms with Gasteiger partial charge in [-0.05, 0) is 38.0 Å². The third kappa shape index (κ3) is 21.7. The zero-order chi connectivity index (χ0) is 30.0. The fraction of sp³-hybridized carbons (Fsp3) is 0.875. The average molecular weight is 568 g/mol. The van der Waals surface area contributed by atoms with Gasteiger partial charge < -0.3 is 20.7 Å². The van der Waals surface area contributed by atoms with Crippen LogP contribution in [0.3, 0.4) is 0 Å². The molecule has 0 fully saturated rings. The molecule has 0 aromatic carbocycles. The van der Waals surface area contributed by atoms with E-state index in [9.17, 15) is 19.2 Å². The number of hydrogen-bond donors (Lipinski definition) is 3. The molecule has 234 valence electrons. The van der Waals surface area contributed by atoms with Gasteiger partial charge in [-0.3, -0.25) is 14.4 Å². The molecular formula is C32H61N3O5. The van der Waals surface area contributed by atoms with Crippen LogP contribution in [0.15, 0.2) is 0 Å². The molecule has 0 spiro atoms. The van der Waals surface area contributed by atoms with E-state index in [0.29, 0.717) is 38.6 Å². The van der Waals surface area contributed by atoms with Gasteiger partial charge in [-0.25, -0.2) is 4.79 Å². The van der Waals surface area contributed by atoms with E-state index in [2.05, 4.69) is 29.8 Å². The Balaban J connectivity index is 4.72. The van der Waals surface area contributed by atoms with Gasteiger partial charge in [0, 0.05) is 19.4 Å².